The summed E-state index contributed by atoms with van der Waals surface area (Å²) in [7, 11) is 1.38. The molecule has 1 aliphatic heterocycles. The van der Waals surface area contributed by atoms with Crippen molar-refractivity contribution >= 4 is 17.4 Å². The number of amides is 1. The number of Topliss-reactive ketones (excluding diaryl/α,β-unsaturated/α-hetero) is 1. The number of aliphatic hydroxyl groups is 2. The number of benzene rings is 1. The van der Waals surface area contributed by atoms with Crippen LogP contribution >= 0.6 is 0 Å². The maximum Gasteiger partial charge on any atom is 0.311 e. The maximum absolute atomic E-state index is 11.5. The predicted molar refractivity (Wildman–Crippen MR) is 51.4 cm³/mol. The first-order valence-electron chi connectivity index (χ1n) is 4.33. The summed E-state index contributed by atoms with van der Waals surface area (Å²) in [5.74, 6) is -4.96. The molecular weight excluding hydrogens is 198 g/mol. The summed E-state index contributed by atoms with van der Waals surface area (Å²) in [6, 6.07) is 6.27. The highest BCUT2D eigenvalue weighted by atomic mass is 16.5. The van der Waals surface area contributed by atoms with Gasteiger partial charge in [-0.15, -0.1) is 0 Å². The van der Waals surface area contributed by atoms with Crippen molar-refractivity contribution < 1.29 is 19.8 Å². The van der Waals surface area contributed by atoms with E-state index in [9.17, 15) is 19.8 Å². The normalized spacial score (nSPS) is 19.0. The van der Waals surface area contributed by atoms with Crippen molar-refractivity contribution in [2.24, 2.45) is 0 Å². The lowest BCUT2D eigenvalue weighted by atomic mass is 9.95. The predicted octanol–water partition coefficient (Wildman–Crippen LogP) is -0.473. The van der Waals surface area contributed by atoms with Crippen molar-refractivity contribution in [3.8, 4) is 0 Å². The number of carbonyl (C=O) groups excluding carboxylic acids is 2. The van der Waals surface area contributed by atoms with Gasteiger partial charge in [0.25, 0.3) is 5.91 Å². The van der Waals surface area contributed by atoms with Gasteiger partial charge in [0, 0.05) is 12.6 Å². The van der Waals surface area contributed by atoms with Crippen LogP contribution in [0.3, 0.4) is 0 Å². The van der Waals surface area contributed by atoms with Gasteiger partial charge in [0.2, 0.25) is 5.78 Å². The molecule has 1 amide bonds. The van der Waals surface area contributed by atoms with E-state index in [0.717, 1.165) is 4.90 Å². The Bertz CT molecular complexity index is 452. The quantitative estimate of drug-likeness (QED) is 0.445. The van der Waals surface area contributed by atoms with E-state index in [2.05, 4.69) is 0 Å². The number of carbonyl (C=O) groups is 2. The van der Waals surface area contributed by atoms with Crippen LogP contribution in [0.5, 0.6) is 0 Å². The van der Waals surface area contributed by atoms with Crippen molar-refractivity contribution in [2.75, 3.05) is 11.9 Å². The highest BCUT2D eigenvalue weighted by Crippen LogP contribution is 2.29. The molecule has 0 radical (unpaired) electrons. The Hall–Kier alpha value is -1.72. The van der Waals surface area contributed by atoms with Crippen LogP contribution in [-0.2, 0) is 4.79 Å². The van der Waals surface area contributed by atoms with E-state index in [1.807, 2.05) is 0 Å². The van der Waals surface area contributed by atoms with Gasteiger partial charge in [-0.25, -0.2) is 0 Å². The molecule has 0 unspecified atom stereocenters. The zero-order valence-corrected chi connectivity index (χ0v) is 7.97. The molecule has 0 saturated carbocycles. The summed E-state index contributed by atoms with van der Waals surface area (Å²) in [4.78, 5) is 24.0. The van der Waals surface area contributed by atoms with E-state index in [0.29, 0.717) is 5.69 Å². The molecule has 1 aromatic carbocycles. The van der Waals surface area contributed by atoms with Crippen molar-refractivity contribution in [1.82, 2.24) is 0 Å². The van der Waals surface area contributed by atoms with E-state index in [4.69, 9.17) is 0 Å². The minimum Gasteiger partial charge on any atom is -0.352 e. The third kappa shape index (κ3) is 1.17. The van der Waals surface area contributed by atoms with Gasteiger partial charge in [0.1, 0.15) is 0 Å². The van der Waals surface area contributed by atoms with Gasteiger partial charge in [-0.1, -0.05) is 12.1 Å². The summed E-state index contributed by atoms with van der Waals surface area (Å²) in [6.07, 6.45) is 0. The second kappa shape index (κ2) is 2.88. The van der Waals surface area contributed by atoms with Crippen molar-refractivity contribution in [3.63, 3.8) is 0 Å². The van der Waals surface area contributed by atoms with Crippen molar-refractivity contribution in [2.45, 2.75) is 5.79 Å². The molecule has 1 aliphatic rings. The molecule has 0 bridgehead atoms. The van der Waals surface area contributed by atoms with Gasteiger partial charge in [-0.3, -0.25) is 9.59 Å². The standard InChI is InChI=1S/C10H9NO4/c1-11-7-5-3-2-4-6(7)8(12)10(14,15)9(11)13/h2-5,14-15H,1H3. The molecule has 0 aliphatic carbocycles. The highest BCUT2D eigenvalue weighted by molar-refractivity contribution is 6.25. The third-order valence-corrected chi connectivity index (χ3v) is 2.43. The monoisotopic (exact) mass is 207 g/mol. The molecule has 1 heterocycles. The van der Waals surface area contributed by atoms with Gasteiger partial charge in [0.05, 0.1) is 5.69 Å². The van der Waals surface area contributed by atoms with Gasteiger partial charge < -0.3 is 15.1 Å². The summed E-state index contributed by atoms with van der Waals surface area (Å²) >= 11 is 0. The van der Waals surface area contributed by atoms with Gasteiger partial charge in [0.15, 0.2) is 0 Å². The fourth-order valence-electron chi connectivity index (χ4n) is 1.59. The van der Waals surface area contributed by atoms with Crippen molar-refractivity contribution in [3.05, 3.63) is 29.8 Å². The fraction of sp³-hybridized carbons (Fsp3) is 0.200. The third-order valence-electron chi connectivity index (χ3n) is 2.43. The van der Waals surface area contributed by atoms with Crippen LogP contribution in [0.15, 0.2) is 24.3 Å². The Morgan fingerprint density at radius 3 is 2.47 bits per heavy atom. The van der Waals surface area contributed by atoms with Crippen LogP contribution in [0.4, 0.5) is 5.69 Å². The Morgan fingerprint density at radius 2 is 1.80 bits per heavy atom. The van der Waals surface area contributed by atoms with Crippen LogP contribution < -0.4 is 4.90 Å². The molecule has 0 atom stereocenters. The molecule has 1 aromatic rings. The molecule has 78 valence electrons. The maximum atomic E-state index is 11.5. The van der Waals surface area contributed by atoms with Crippen LogP contribution in [0.25, 0.3) is 0 Å². The average molecular weight is 207 g/mol. The van der Waals surface area contributed by atoms with Crippen LogP contribution in [0, 0.1) is 0 Å². The molecule has 2 rings (SSSR count). The first-order valence-corrected chi connectivity index (χ1v) is 4.33. The lowest BCUT2D eigenvalue weighted by molar-refractivity contribution is -0.164. The molecule has 15 heavy (non-hydrogen) atoms. The number of rotatable bonds is 0. The number of likely N-dealkylation sites (N-methyl/N-ethyl adjacent to an activating group) is 1. The molecule has 5 heteroatoms. The topological polar surface area (TPSA) is 77.8 Å². The number of nitrogens with zero attached hydrogens (tertiary/aromatic N) is 1. The number of anilines is 1. The highest BCUT2D eigenvalue weighted by Gasteiger charge is 2.49. The van der Waals surface area contributed by atoms with Crippen LogP contribution in [0.2, 0.25) is 0 Å². The number of hydrogen-bond acceptors (Lipinski definition) is 4. The van der Waals surface area contributed by atoms with Crippen LogP contribution in [0.1, 0.15) is 10.4 Å². The second-order valence-electron chi connectivity index (χ2n) is 3.38. The molecular formula is C10H9NO4. The average Bonchev–Trinajstić information content (AvgIpc) is 2.24. The number of hydrogen-bond donors (Lipinski definition) is 2. The van der Waals surface area contributed by atoms with Crippen molar-refractivity contribution in [1.29, 1.82) is 0 Å². The summed E-state index contributed by atoms with van der Waals surface area (Å²) in [6.45, 7) is 0. The molecule has 0 fully saturated rings. The Balaban J connectivity index is 2.68. The van der Waals surface area contributed by atoms with E-state index < -0.39 is 17.5 Å². The van der Waals surface area contributed by atoms with E-state index in [-0.39, 0.29) is 5.56 Å². The van der Waals surface area contributed by atoms with Crippen LogP contribution in [-0.4, -0.2) is 34.7 Å². The van der Waals surface area contributed by atoms with Gasteiger partial charge in [-0.2, -0.15) is 0 Å². The van der Waals surface area contributed by atoms with E-state index >= 15 is 0 Å². The molecule has 0 aromatic heterocycles. The van der Waals surface area contributed by atoms with Gasteiger partial charge >= 0.3 is 5.79 Å². The lowest BCUT2D eigenvalue weighted by Gasteiger charge is -2.32. The number of para-hydroxylation sites is 1. The zero-order valence-electron chi connectivity index (χ0n) is 7.97. The minimum absolute atomic E-state index is 0.129. The Kier molecular flexibility index (Phi) is 1.89. The number of fused-ring (bicyclic) bond motifs is 1. The number of ketones is 1. The lowest BCUT2D eigenvalue weighted by Crippen LogP contribution is -2.57. The zero-order chi connectivity index (χ0) is 11.2. The Morgan fingerprint density at radius 1 is 1.20 bits per heavy atom. The summed E-state index contributed by atoms with van der Waals surface area (Å²) in [5, 5.41) is 18.7. The van der Waals surface area contributed by atoms with E-state index in [1.165, 1.54) is 13.1 Å². The SMILES string of the molecule is CN1C(=O)C(O)(O)C(=O)c2ccccc21. The van der Waals surface area contributed by atoms with Gasteiger partial charge in [-0.05, 0) is 12.1 Å². The summed E-state index contributed by atoms with van der Waals surface area (Å²) in [5.41, 5.74) is 0.510. The largest absolute Gasteiger partial charge is 0.352 e. The first kappa shape index (κ1) is 9.82. The minimum atomic E-state index is -2.94. The first-order chi connectivity index (χ1) is 6.96. The smallest absolute Gasteiger partial charge is 0.311 e. The molecule has 0 saturated heterocycles. The summed E-state index contributed by atoms with van der Waals surface area (Å²) < 4.78 is 0. The Labute approximate surface area is 85.6 Å². The van der Waals surface area contributed by atoms with E-state index in [1.54, 1.807) is 18.2 Å². The molecule has 2 N–H and O–H groups in total. The fourth-order valence-corrected chi connectivity index (χ4v) is 1.59. The molecule has 0 spiro atoms. The molecule has 5 nitrogen and oxygen atoms in total. The second-order valence-corrected chi connectivity index (χ2v) is 3.38.